The Morgan fingerprint density at radius 3 is 2.38 bits per heavy atom. The average Bonchev–Trinajstić information content (AvgIpc) is 3.45. The zero-order valence-corrected chi connectivity index (χ0v) is 22.0. The van der Waals surface area contributed by atoms with E-state index in [1.165, 1.54) is 0 Å². The molecule has 4 heterocycles. The molecule has 1 aromatic heterocycles. The molecule has 39 heavy (non-hydrogen) atoms. The van der Waals surface area contributed by atoms with E-state index in [0.717, 1.165) is 59.5 Å². The highest BCUT2D eigenvalue weighted by molar-refractivity contribution is 5.81. The zero-order valence-electron chi connectivity index (χ0n) is 22.0. The minimum atomic E-state index is -0.582. The number of fused-ring (bicyclic) bond motifs is 3. The van der Waals surface area contributed by atoms with Crippen LogP contribution in [0.25, 0.3) is 11.5 Å². The van der Waals surface area contributed by atoms with E-state index in [0.29, 0.717) is 24.2 Å². The fraction of sp³-hybridized carbons (Fsp3) is 0.323. The number of hydrogen-bond acceptors (Lipinski definition) is 7. The molecule has 7 rings (SSSR count). The molecule has 200 valence electrons. The standard InChI is InChI=1S/C31H33N4O4/c1-37-26-14-12-24(13-15-26)30-33-28(34-39-30)21-35-18-16-22(17-19-35)27(20-35)38-31(36)29(23-8-4-2-5-9-23)32-25-10-6-3-7-11-25/h2-15,22,27,29,32H,16-21H2,1H3/q+1/t22?,27-,29+,35?/m0/s1. The molecule has 2 atom stereocenters. The van der Waals surface area contributed by atoms with Gasteiger partial charge in [0.05, 0.1) is 20.2 Å². The Balaban J connectivity index is 1.16. The van der Waals surface area contributed by atoms with Crippen LogP contribution in [0.1, 0.15) is 30.3 Å². The molecular weight excluding hydrogens is 492 g/mol. The van der Waals surface area contributed by atoms with Gasteiger partial charge in [-0.1, -0.05) is 53.7 Å². The minimum Gasteiger partial charge on any atom is -0.497 e. The highest BCUT2D eigenvalue weighted by atomic mass is 16.5. The molecule has 3 saturated heterocycles. The number of rotatable bonds is 9. The van der Waals surface area contributed by atoms with Crippen molar-refractivity contribution in [2.75, 3.05) is 32.1 Å². The topological polar surface area (TPSA) is 86.5 Å². The number of quaternary nitrogens is 1. The van der Waals surface area contributed by atoms with Crippen LogP contribution < -0.4 is 10.1 Å². The molecule has 0 amide bonds. The number of methoxy groups -OCH3 is 1. The van der Waals surface area contributed by atoms with Crippen molar-refractivity contribution in [1.29, 1.82) is 0 Å². The molecule has 2 bridgehead atoms. The molecule has 1 N–H and O–H groups in total. The van der Waals surface area contributed by atoms with Crippen LogP contribution in [0.3, 0.4) is 0 Å². The number of benzene rings is 3. The molecule has 3 aliphatic rings. The Morgan fingerprint density at radius 1 is 1.00 bits per heavy atom. The van der Waals surface area contributed by atoms with Gasteiger partial charge in [-0.15, -0.1) is 0 Å². The largest absolute Gasteiger partial charge is 0.497 e. The Labute approximate surface area is 228 Å². The quantitative estimate of drug-likeness (QED) is 0.236. The van der Waals surface area contributed by atoms with Crippen LogP contribution in [-0.4, -0.2) is 53.4 Å². The number of nitrogens with zero attached hydrogens (tertiary/aromatic N) is 3. The first-order chi connectivity index (χ1) is 19.1. The van der Waals surface area contributed by atoms with Crippen LogP contribution >= 0.6 is 0 Å². The number of ether oxygens (including phenoxy) is 2. The SMILES string of the molecule is COc1ccc(-c2nc(C[N+]34CCC(CC3)[C@@H](OC(=O)[C@H](Nc3ccccc3)c3ccccc3)C4)no2)cc1. The molecule has 8 heteroatoms. The van der Waals surface area contributed by atoms with E-state index in [2.05, 4.69) is 15.5 Å². The molecule has 8 nitrogen and oxygen atoms in total. The highest BCUT2D eigenvalue weighted by Crippen LogP contribution is 2.38. The molecule has 0 spiro atoms. The summed E-state index contributed by atoms with van der Waals surface area (Å²) < 4.78 is 17.9. The maximum absolute atomic E-state index is 13.6. The third kappa shape index (κ3) is 5.52. The molecule has 0 unspecified atom stereocenters. The van der Waals surface area contributed by atoms with Gasteiger partial charge < -0.3 is 23.8 Å². The maximum Gasteiger partial charge on any atom is 0.333 e. The van der Waals surface area contributed by atoms with Crippen LogP contribution in [0.4, 0.5) is 5.69 Å². The second-order valence-electron chi connectivity index (χ2n) is 10.5. The summed E-state index contributed by atoms with van der Waals surface area (Å²) >= 11 is 0. The summed E-state index contributed by atoms with van der Waals surface area (Å²) in [6.45, 7) is 3.46. The van der Waals surface area contributed by atoms with E-state index in [1.54, 1.807) is 7.11 Å². The van der Waals surface area contributed by atoms with Crippen molar-refractivity contribution in [3.63, 3.8) is 0 Å². The molecule has 3 aromatic carbocycles. The van der Waals surface area contributed by atoms with Crippen LogP contribution in [0.15, 0.2) is 89.5 Å². The first kappa shape index (κ1) is 25.1. The van der Waals surface area contributed by atoms with Crippen molar-refractivity contribution in [2.24, 2.45) is 5.92 Å². The van der Waals surface area contributed by atoms with Gasteiger partial charge in [-0.2, -0.15) is 4.98 Å². The van der Waals surface area contributed by atoms with Crippen molar-refractivity contribution in [2.45, 2.75) is 31.5 Å². The highest BCUT2D eigenvalue weighted by Gasteiger charge is 2.48. The number of nitrogens with one attached hydrogen (secondary N) is 1. The van der Waals surface area contributed by atoms with Gasteiger partial charge in [-0.25, -0.2) is 4.79 Å². The van der Waals surface area contributed by atoms with Crippen LogP contribution in [0.2, 0.25) is 0 Å². The van der Waals surface area contributed by atoms with E-state index >= 15 is 0 Å². The lowest BCUT2D eigenvalue weighted by molar-refractivity contribution is -0.958. The van der Waals surface area contributed by atoms with Gasteiger partial charge >= 0.3 is 5.97 Å². The number of carbonyl (C=O) groups is 1. The third-order valence-corrected chi connectivity index (χ3v) is 8.04. The molecule has 3 aliphatic heterocycles. The number of esters is 1. The molecule has 4 aromatic rings. The van der Waals surface area contributed by atoms with Gasteiger partial charge in [0.15, 0.2) is 12.1 Å². The van der Waals surface area contributed by atoms with Gasteiger partial charge in [-0.3, -0.25) is 0 Å². The van der Waals surface area contributed by atoms with Crippen LogP contribution in [0, 0.1) is 5.92 Å². The number of aromatic nitrogens is 2. The monoisotopic (exact) mass is 525 g/mol. The molecule has 3 fully saturated rings. The van der Waals surface area contributed by atoms with Crippen molar-refractivity contribution < 1.29 is 23.3 Å². The van der Waals surface area contributed by atoms with E-state index in [-0.39, 0.29) is 12.1 Å². The predicted octanol–water partition coefficient (Wildman–Crippen LogP) is 5.25. The maximum atomic E-state index is 13.6. The molecule has 0 aliphatic carbocycles. The summed E-state index contributed by atoms with van der Waals surface area (Å²) in [4.78, 5) is 18.3. The predicted molar refractivity (Wildman–Crippen MR) is 147 cm³/mol. The van der Waals surface area contributed by atoms with Crippen LogP contribution in [-0.2, 0) is 16.1 Å². The second-order valence-corrected chi connectivity index (χ2v) is 10.5. The van der Waals surface area contributed by atoms with Crippen molar-refractivity contribution >= 4 is 11.7 Å². The number of para-hydroxylation sites is 1. The van der Waals surface area contributed by atoms with Crippen molar-refractivity contribution in [3.8, 4) is 17.2 Å². The van der Waals surface area contributed by atoms with Crippen molar-refractivity contribution in [1.82, 2.24) is 10.1 Å². The summed E-state index contributed by atoms with van der Waals surface area (Å²) in [6, 6.07) is 26.6. The Bertz CT molecular complexity index is 1380. The van der Waals surface area contributed by atoms with Gasteiger partial charge in [0.1, 0.15) is 18.8 Å². The summed E-state index contributed by atoms with van der Waals surface area (Å²) in [5, 5.41) is 7.67. The summed E-state index contributed by atoms with van der Waals surface area (Å²) in [6.07, 6.45) is 1.89. The summed E-state index contributed by atoms with van der Waals surface area (Å²) in [5.41, 5.74) is 2.62. The normalized spacial score (nSPS) is 22.7. The fourth-order valence-electron chi connectivity index (χ4n) is 5.89. The molecular formula is C31H33N4O4+. The van der Waals surface area contributed by atoms with Gasteiger partial charge in [0, 0.05) is 30.0 Å². The Kier molecular flexibility index (Phi) is 7.02. The lowest BCUT2D eigenvalue weighted by atomic mass is 9.83. The van der Waals surface area contributed by atoms with E-state index in [1.807, 2.05) is 84.9 Å². The lowest BCUT2D eigenvalue weighted by Crippen LogP contribution is -2.64. The first-order valence-electron chi connectivity index (χ1n) is 13.5. The zero-order chi connectivity index (χ0) is 26.7. The van der Waals surface area contributed by atoms with Gasteiger partial charge in [0.2, 0.25) is 5.82 Å². The molecule has 0 saturated carbocycles. The molecule has 0 radical (unpaired) electrons. The smallest absolute Gasteiger partial charge is 0.333 e. The number of piperidine rings is 3. The summed E-state index contributed by atoms with van der Waals surface area (Å²) in [5.74, 6) is 2.09. The Hall–Kier alpha value is -4.17. The van der Waals surface area contributed by atoms with E-state index < -0.39 is 6.04 Å². The third-order valence-electron chi connectivity index (χ3n) is 8.04. The minimum absolute atomic E-state index is 0.142. The van der Waals surface area contributed by atoms with Gasteiger partial charge in [-0.05, 0) is 42.0 Å². The number of carbonyl (C=O) groups excluding carboxylic acids is 1. The van der Waals surface area contributed by atoms with E-state index in [4.69, 9.17) is 14.0 Å². The number of anilines is 1. The first-order valence-corrected chi connectivity index (χ1v) is 13.5. The van der Waals surface area contributed by atoms with Crippen molar-refractivity contribution in [3.05, 3.63) is 96.3 Å². The lowest BCUT2D eigenvalue weighted by Gasteiger charge is -2.51. The second kappa shape index (κ2) is 10.9. The van der Waals surface area contributed by atoms with Crippen LogP contribution in [0.5, 0.6) is 5.75 Å². The summed E-state index contributed by atoms with van der Waals surface area (Å²) in [7, 11) is 1.64. The number of hydrogen-bond donors (Lipinski definition) is 1. The van der Waals surface area contributed by atoms with Gasteiger partial charge in [0.25, 0.3) is 5.89 Å². The average molecular weight is 526 g/mol. The van der Waals surface area contributed by atoms with E-state index in [9.17, 15) is 4.79 Å². The Morgan fingerprint density at radius 2 is 1.69 bits per heavy atom. The fourth-order valence-corrected chi connectivity index (χ4v) is 5.89.